The number of carbonyl (C=O) groups excluding carboxylic acids is 2. The normalized spacial score (nSPS) is 21.1. The standard InChI is InChI=1S/C14H18N2O2/c1-2-12(14(15)18)16-9-11(8-13(16)17)10-6-4-3-5-7-10/h3-7,11-12H,2,8-9H2,1H3,(H2,15,18). The molecule has 1 aromatic rings. The van der Waals surface area contributed by atoms with Crippen LogP contribution < -0.4 is 5.73 Å². The third kappa shape index (κ3) is 2.37. The average Bonchev–Trinajstić information content (AvgIpc) is 2.73. The Balaban J connectivity index is 2.14. The van der Waals surface area contributed by atoms with Crippen molar-refractivity contribution < 1.29 is 9.59 Å². The maximum absolute atomic E-state index is 12.0. The van der Waals surface area contributed by atoms with Crippen LogP contribution in [0.4, 0.5) is 0 Å². The van der Waals surface area contributed by atoms with Crippen molar-refractivity contribution in [3.05, 3.63) is 35.9 Å². The van der Waals surface area contributed by atoms with E-state index in [1.54, 1.807) is 4.90 Å². The summed E-state index contributed by atoms with van der Waals surface area (Å²) in [6, 6.07) is 9.46. The number of benzene rings is 1. The molecule has 0 radical (unpaired) electrons. The van der Waals surface area contributed by atoms with Gasteiger partial charge in [-0.3, -0.25) is 9.59 Å². The van der Waals surface area contributed by atoms with Gasteiger partial charge < -0.3 is 10.6 Å². The molecule has 0 bridgehead atoms. The molecule has 2 N–H and O–H groups in total. The minimum Gasteiger partial charge on any atom is -0.368 e. The molecule has 1 aromatic carbocycles. The number of amides is 2. The molecule has 2 rings (SSSR count). The minimum atomic E-state index is -0.466. The summed E-state index contributed by atoms with van der Waals surface area (Å²) in [5, 5.41) is 0. The summed E-state index contributed by atoms with van der Waals surface area (Å²) in [4.78, 5) is 24.9. The summed E-state index contributed by atoms with van der Waals surface area (Å²) in [5.41, 5.74) is 6.49. The van der Waals surface area contributed by atoms with Gasteiger partial charge in [0.25, 0.3) is 0 Å². The zero-order chi connectivity index (χ0) is 13.1. The van der Waals surface area contributed by atoms with E-state index in [0.717, 1.165) is 5.56 Å². The van der Waals surface area contributed by atoms with Crippen LogP contribution in [0.5, 0.6) is 0 Å². The monoisotopic (exact) mass is 246 g/mol. The quantitative estimate of drug-likeness (QED) is 0.869. The van der Waals surface area contributed by atoms with Crippen molar-refractivity contribution in [2.75, 3.05) is 6.54 Å². The molecule has 2 atom stereocenters. The highest BCUT2D eigenvalue weighted by molar-refractivity contribution is 5.88. The number of nitrogens with zero attached hydrogens (tertiary/aromatic N) is 1. The van der Waals surface area contributed by atoms with Crippen LogP contribution in [0, 0.1) is 0 Å². The Morgan fingerprint density at radius 1 is 1.44 bits per heavy atom. The molecule has 1 aliphatic heterocycles. The predicted octanol–water partition coefficient (Wildman–Crippen LogP) is 1.27. The summed E-state index contributed by atoms with van der Waals surface area (Å²) >= 11 is 0. The van der Waals surface area contributed by atoms with Gasteiger partial charge in [-0.15, -0.1) is 0 Å². The fraction of sp³-hybridized carbons (Fsp3) is 0.429. The lowest BCUT2D eigenvalue weighted by molar-refractivity contribution is -0.136. The second kappa shape index (κ2) is 5.21. The van der Waals surface area contributed by atoms with Gasteiger partial charge in [0.15, 0.2) is 0 Å². The maximum atomic E-state index is 12.0. The minimum absolute atomic E-state index is 0.0227. The molecule has 0 spiro atoms. The molecule has 1 fully saturated rings. The van der Waals surface area contributed by atoms with E-state index in [4.69, 9.17) is 5.73 Å². The molecule has 96 valence electrons. The van der Waals surface area contributed by atoms with E-state index >= 15 is 0 Å². The lowest BCUT2D eigenvalue weighted by Gasteiger charge is -2.24. The van der Waals surface area contributed by atoms with Crippen LogP contribution in [0.15, 0.2) is 30.3 Å². The number of nitrogens with two attached hydrogens (primary N) is 1. The molecule has 1 aliphatic rings. The Morgan fingerprint density at radius 3 is 2.67 bits per heavy atom. The van der Waals surface area contributed by atoms with Gasteiger partial charge in [0.2, 0.25) is 11.8 Å². The molecular weight excluding hydrogens is 228 g/mol. The highest BCUT2D eigenvalue weighted by atomic mass is 16.2. The Kier molecular flexibility index (Phi) is 3.65. The fourth-order valence-electron chi connectivity index (χ4n) is 2.56. The van der Waals surface area contributed by atoms with Crippen LogP contribution >= 0.6 is 0 Å². The zero-order valence-corrected chi connectivity index (χ0v) is 10.5. The van der Waals surface area contributed by atoms with Crippen molar-refractivity contribution >= 4 is 11.8 Å². The van der Waals surface area contributed by atoms with E-state index in [0.29, 0.717) is 19.4 Å². The highest BCUT2D eigenvalue weighted by Crippen LogP contribution is 2.29. The van der Waals surface area contributed by atoms with Gasteiger partial charge in [-0.2, -0.15) is 0 Å². The molecule has 18 heavy (non-hydrogen) atoms. The SMILES string of the molecule is CCC(C(N)=O)N1CC(c2ccccc2)CC1=O. The van der Waals surface area contributed by atoms with E-state index in [-0.39, 0.29) is 11.8 Å². The summed E-state index contributed by atoms with van der Waals surface area (Å²) in [7, 11) is 0. The third-order valence-corrected chi connectivity index (χ3v) is 3.52. The summed E-state index contributed by atoms with van der Waals surface area (Å²) < 4.78 is 0. The largest absolute Gasteiger partial charge is 0.368 e. The van der Waals surface area contributed by atoms with Crippen LogP contribution in [0.25, 0.3) is 0 Å². The molecule has 1 heterocycles. The lowest BCUT2D eigenvalue weighted by atomic mass is 9.98. The first-order valence-electron chi connectivity index (χ1n) is 6.27. The average molecular weight is 246 g/mol. The Bertz CT molecular complexity index is 444. The number of rotatable bonds is 4. The van der Waals surface area contributed by atoms with E-state index in [9.17, 15) is 9.59 Å². The van der Waals surface area contributed by atoms with Crippen molar-refractivity contribution in [1.82, 2.24) is 4.90 Å². The Hall–Kier alpha value is -1.84. The van der Waals surface area contributed by atoms with Gasteiger partial charge in [-0.25, -0.2) is 0 Å². The fourth-order valence-corrected chi connectivity index (χ4v) is 2.56. The number of carbonyl (C=O) groups is 2. The summed E-state index contributed by atoms with van der Waals surface area (Å²) in [6.45, 7) is 2.46. The Labute approximate surface area is 107 Å². The van der Waals surface area contributed by atoms with Crippen LogP contribution in [-0.4, -0.2) is 29.3 Å². The van der Waals surface area contributed by atoms with Crippen molar-refractivity contribution in [3.63, 3.8) is 0 Å². The summed E-state index contributed by atoms with van der Waals surface area (Å²) in [6.07, 6.45) is 1.04. The smallest absolute Gasteiger partial charge is 0.240 e. The van der Waals surface area contributed by atoms with Crippen molar-refractivity contribution in [2.24, 2.45) is 5.73 Å². The second-order valence-corrected chi connectivity index (χ2v) is 4.68. The number of likely N-dealkylation sites (tertiary alicyclic amines) is 1. The highest BCUT2D eigenvalue weighted by Gasteiger charge is 2.36. The molecule has 0 aliphatic carbocycles. The van der Waals surface area contributed by atoms with Crippen LogP contribution in [0.2, 0.25) is 0 Å². The first kappa shape index (κ1) is 12.6. The predicted molar refractivity (Wildman–Crippen MR) is 68.8 cm³/mol. The van der Waals surface area contributed by atoms with Crippen molar-refractivity contribution in [1.29, 1.82) is 0 Å². The number of hydrogen-bond donors (Lipinski definition) is 1. The van der Waals surface area contributed by atoms with Crippen molar-refractivity contribution in [3.8, 4) is 0 Å². The van der Waals surface area contributed by atoms with Gasteiger partial charge in [-0.1, -0.05) is 37.3 Å². The van der Waals surface area contributed by atoms with E-state index in [2.05, 4.69) is 0 Å². The topological polar surface area (TPSA) is 63.4 Å². The van der Waals surface area contributed by atoms with Gasteiger partial charge in [-0.05, 0) is 12.0 Å². The van der Waals surface area contributed by atoms with Gasteiger partial charge in [0.1, 0.15) is 6.04 Å². The first-order chi connectivity index (χ1) is 8.63. The van der Waals surface area contributed by atoms with Gasteiger partial charge in [0.05, 0.1) is 0 Å². The number of hydrogen-bond acceptors (Lipinski definition) is 2. The second-order valence-electron chi connectivity index (χ2n) is 4.68. The van der Waals surface area contributed by atoms with E-state index in [1.165, 1.54) is 0 Å². The molecule has 4 heteroatoms. The van der Waals surface area contributed by atoms with E-state index in [1.807, 2.05) is 37.3 Å². The molecular formula is C14H18N2O2. The molecule has 0 saturated carbocycles. The number of primary amides is 1. The van der Waals surface area contributed by atoms with E-state index < -0.39 is 11.9 Å². The molecule has 1 saturated heterocycles. The molecule has 0 aromatic heterocycles. The zero-order valence-electron chi connectivity index (χ0n) is 10.5. The molecule has 4 nitrogen and oxygen atoms in total. The van der Waals surface area contributed by atoms with Gasteiger partial charge >= 0.3 is 0 Å². The van der Waals surface area contributed by atoms with Crippen LogP contribution in [0.3, 0.4) is 0 Å². The van der Waals surface area contributed by atoms with Crippen LogP contribution in [-0.2, 0) is 9.59 Å². The van der Waals surface area contributed by atoms with Crippen LogP contribution in [0.1, 0.15) is 31.2 Å². The molecule has 2 amide bonds. The van der Waals surface area contributed by atoms with Crippen molar-refractivity contribution in [2.45, 2.75) is 31.7 Å². The first-order valence-corrected chi connectivity index (χ1v) is 6.27. The van der Waals surface area contributed by atoms with Gasteiger partial charge in [0, 0.05) is 18.9 Å². The lowest BCUT2D eigenvalue weighted by Crippen LogP contribution is -2.45. The Morgan fingerprint density at radius 2 is 2.11 bits per heavy atom. The third-order valence-electron chi connectivity index (χ3n) is 3.52. The maximum Gasteiger partial charge on any atom is 0.240 e. The molecule has 2 unspecified atom stereocenters. The summed E-state index contributed by atoms with van der Waals surface area (Å²) in [5.74, 6) is -0.221.